The molecule has 158 valence electrons. The Morgan fingerprint density at radius 1 is 1.17 bits per heavy atom. The van der Waals surface area contributed by atoms with E-state index in [1.807, 2.05) is 42.5 Å². The lowest BCUT2D eigenvalue weighted by Gasteiger charge is -2.12. The third-order valence-corrected chi connectivity index (χ3v) is 5.04. The molecule has 4 rings (SSSR count). The van der Waals surface area contributed by atoms with Crippen molar-refractivity contribution >= 4 is 18.3 Å². The molecular formula is C22H25ClN4O3. The number of benzene rings is 2. The van der Waals surface area contributed by atoms with Gasteiger partial charge in [-0.3, -0.25) is 4.79 Å². The number of aromatic nitrogens is 2. The molecule has 0 bridgehead atoms. The average molecular weight is 429 g/mol. The summed E-state index contributed by atoms with van der Waals surface area (Å²) in [6.07, 6.45) is 2.69. The summed E-state index contributed by atoms with van der Waals surface area (Å²) in [6.45, 7) is 1.69. The van der Waals surface area contributed by atoms with Crippen molar-refractivity contribution in [2.24, 2.45) is 0 Å². The molecular weight excluding hydrogens is 404 g/mol. The summed E-state index contributed by atoms with van der Waals surface area (Å²) < 4.78 is 12.6. The van der Waals surface area contributed by atoms with E-state index < -0.39 is 0 Å². The van der Waals surface area contributed by atoms with Gasteiger partial charge in [-0.05, 0) is 37.2 Å². The van der Waals surface area contributed by atoms with Crippen molar-refractivity contribution in [1.82, 2.24) is 20.4 Å². The summed E-state index contributed by atoms with van der Waals surface area (Å²) in [4.78, 5) is 13.1. The van der Waals surface area contributed by atoms with Gasteiger partial charge in [-0.1, -0.05) is 18.2 Å². The Labute approximate surface area is 181 Å². The number of para-hydroxylation sites is 1. The zero-order valence-electron chi connectivity index (χ0n) is 16.9. The first-order chi connectivity index (χ1) is 14.2. The lowest BCUT2D eigenvalue weighted by Crippen LogP contribution is -2.36. The van der Waals surface area contributed by atoms with Gasteiger partial charge in [0.05, 0.1) is 25.5 Å². The summed E-state index contributed by atoms with van der Waals surface area (Å²) >= 11 is 0. The van der Waals surface area contributed by atoms with Gasteiger partial charge >= 0.3 is 0 Å². The van der Waals surface area contributed by atoms with Gasteiger partial charge in [0.2, 0.25) is 0 Å². The van der Waals surface area contributed by atoms with E-state index in [9.17, 15) is 4.79 Å². The zero-order valence-corrected chi connectivity index (χ0v) is 17.7. The maximum atomic E-state index is 13.1. The van der Waals surface area contributed by atoms with Crippen LogP contribution >= 0.6 is 12.4 Å². The Hall–Kier alpha value is -3.03. The number of nitrogens with one attached hydrogen (secondary N) is 2. The van der Waals surface area contributed by atoms with Crippen molar-refractivity contribution in [3.63, 3.8) is 0 Å². The van der Waals surface area contributed by atoms with E-state index in [2.05, 4.69) is 10.6 Å². The SMILES string of the molecule is COc1ccc(-c2nn(-c3ccccc3)cc2C(=O)NC2CCNC2)c(OC)c1.Cl. The summed E-state index contributed by atoms with van der Waals surface area (Å²) in [7, 11) is 3.20. The van der Waals surface area contributed by atoms with Crippen LogP contribution in [0, 0.1) is 0 Å². The van der Waals surface area contributed by atoms with Gasteiger partial charge in [-0.2, -0.15) is 5.10 Å². The smallest absolute Gasteiger partial charge is 0.255 e. The Kier molecular flexibility index (Phi) is 6.97. The lowest BCUT2D eigenvalue weighted by atomic mass is 10.1. The fourth-order valence-electron chi connectivity index (χ4n) is 3.49. The molecule has 1 amide bonds. The van der Waals surface area contributed by atoms with E-state index in [1.165, 1.54) is 0 Å². The quantitative estimate of drug-likeness (QED) is 0.631. The number of ether oxygens (including phenoxy) is 2. The van der Waals surface area contributed by atoms with E-state index in [0.29, 0.717) is 22.8 Å². The topological polar surface area (TPSA) is 77.4 Å². The third-order valence-electron chi connectivity index (χ3n) is 5.04. The molecule has 2 aromatic carbocycles. The summed E-state index contributed by atoms with van der Waals surface area (Å²) in [6, 6.07) is 15.3. The standard InChI is InChI=1S/C22H24N4O3.ClH/c1-28-17-8-9-18(20(12-17)29-2)21-19(22(27)24-15-10-11-23-13-15)14-26(25-21)16-6-4-3-5-7-16;/h3-9,12,14-15,23H,10-11,13H2,1-2H3,(H,24,27);1H. The highest BCUT2D eigenvalue weighted by molar-refractivity contribution is 6.00. The highest BCUT2D eigenvalue weighted by atomic mass is 35.5. The first-order valence-corrected chi connectivity index (χ1v) is 9.58. The number of hydrogen-bond acceptors (Lipinski definition) is 5. The first-order valence-electron chi connectivity index (χ1n) is 9.58. The van der Waals surface area contributed by atoms with Gasteiger partial charge in [0, 0.05) is 30.4 Å². The number of hydrogen-bond donors (Lipinski definition) is 2. The maximum absolute atomic E-state index is 13.1. The third kappa shape index (κ3) is 4.42. The van der Waals surface area contributed by atoms with E-state index in [0.717, 1.165) is 30.8 Å². The predicted molar refractivity (Wildman–Crippen MR) is 118 cm³/mol. The molecule has 1 aliphatic rings. The van der Waals surface area contributed by atoms with Crippen molar-refractivity contribution in [2.75, 3.05) is 27.3 Å². The summed E-state index contributed by atoms with van der Waals surface area (Å²) in [5.74, 6) is 1.13. The highest BCUT2D eigenvalue weighted by Gasteiger charge is 2.24. The van der Waals surface area contributed by atoms with Crippen LogP contribution in [-0.2, 0) is 0 Å². The molecule has 1 atom stereocenters. The maximum Gasteiger partial charge on any atom is 0.255 e. The van der Waals surface area contributed by atoms with Crippen molar-refractivity contribution in [1.29, 1.82) is 0 Å². The molecule has 0 radical (unpaired) electrons. The minimum atomic E-state index is -0.145. The second kappa shape index (κ2) is 9.65. The Morgan fingerprint density at radius 2 is 1.97 bits per heavy atom. The lowest BCUT2D eigenvalue weighted by molar-refractivity contribution is 0.0940. The monoisotopic (exact) mass is 428 g/mol. The second-order valence-corrected chi connectivity index (χ2v) is 6.90. The summed E-state index contributed by atoms with van der Waals surface area (Å²) in [5, 5.41) is 11.1. The molecule has 2 heterocycles. The van der Waals surface area contributed by atoms with E-state index in [1.54, 1.807) is 31.2 Å². The van der Waals surface area contributed by atoms with Crippen LogP contribution in [-0.4, -0.2) is 49.0 Å². The molecule has 3 aromatic rings. The molecule has 8 heteroatoms. The van der Waals surface area contributed by atoms with Gasteiger partial charge in [0.15, 0.2) is 0 Å². The number of nitrogens with zero attached hydrogens (tertiary/aromatic N) is 2. The average Bonchev–Trinajstić information content (AvgIpc) is 3.44. The number of carbonyl (C=O) groups is 1. The molecule has 0 saturated carbocycles. The molecule has 30 heavy (non-hydrogen) atoms. The molecule has 1 unspecified atom stereocenters. The Bertz CT molecular complexity index is 1000. The molecule has 1 aliphatic heterocycles. The van der Waals surface area contributed by atoms with Gasteiger partial charge in [-0.25, -0.2) is 4.68 Å². The molecule has 0 spiro atoms. The minimum Gasteiger partial charge on any atom is -0.497 e. The molecule has 0 aliphatic carbocycles. The van der Waals surface area contributed by atoms with E-state index in [4.69, 9.17) is 14.6 Å². The molecule has 1 fully saturated rings. The molecule has 2 N–H and O–H groups in total. The Balaban J connectivity index is 0.00000256. The van der Waals surface area contributed by atoms with Crippen LogP contribution < -0.4 is 20.1 Å². The number of carbonyl (C=O) groups excluding carboxylic acids is 1. The van der Waals surface area contributed by atoms with Crippen molar-refractivity contribution < 1.29 is 14.3 Å². The summed E-state index contributed by atoms with van der Waals surface area (Å²) in [5.41, 5.74) is 2.68. The van der Waals surface area contributed by atoms with Crippen LogP contribution in [0.2, 0.25) is 0 Å². The van der Waals surface area contributed by atoms with Gasteiger partial charge in [0.25, 0.3) is 5.91 Å². The van der Waals surface area contributed by atoms with Crippen LogP contribution in [0.3, 0.4) is 0 Å². The van der Waals surface area contributed by atoms with Gasteiger partial charge in [0.1, 0.15) is 17.2 Å². The van der Waals surface area contributed by atoms with Crippen molar-refractivity contribution in [3.05, 3.63) is 60.3 Å². The molecule has 1 aromatic heterocycles. The molecule has 7 nitrogen and oxygen atoms in total. The highest BCUT2D eigenvalue weighted by Crippen LogP contribution is 2.34. The second-order valence-electron chi connectivity index (χ2n) is 6.90. The Morgan fingerprint density at radius 3 is 2.63 bits per heavy atom. The molecule has 1 saturated heterocycles. The predicted octanol–water partition coefficient (Wildman–Crippen LogP) is 3.07. The fourth-order valence-corrected chi connectivity index (χ4v) is 3.49. The van der Waals surface area contributed by atoms with Gasteiger partial charge < -0.3 is 20.1 Å². The number of amides is 1. The van der Waals surface area contributed by atoms with E-state index in [-0.39, 0.29) is 24.4 Å². The van der Waals surface area contributed by atoms with Gasteiger partial charge in [-0.15, -0.1) is 12.4 Å². The van der Waals surface area contributed by atoms with Crippen LogP contribution in [0.1, 0.15) is 16.8 Å². The number of halogens is 1. The van der Waals surface area contributed by atoms with Crippen LogP contribution in [0.5, 0.6) is 11.5 Å². The van der Waals surface area contributed by atoms with Crippen LogP contribution in [0.4, 0.5) is 0 Å². The van der Waals surface area contributed by atoms with Crippen LogP contribution in [0.25, 0.3) is 16.9 Å². The number of methoxy groups -OCH3 is 2. The van der Waals surface area contributed by atoms with Crippen LogP contribution in [0.15, 0.2) is 54.7 Å². The fraction of sp³-hybridized carbons (Fsp3) is 0.273. The number of rotatable bonds is 6. The van der Waals surface area contributed by atoms with Crippen molar-refractivity contribution in [3.8, 4) is 28.4 Å². The first kappa shape index (κ1) is 21.7. The van der Waals surface area contributed by atoms with E-state index >= 15 is 0 Å². The minimum absolute atomic E-state index is 0. The normalized spacial score (nSPS) is 15.3. The van der Waals surface area contributed by atoms with Crippen molar-refractivity contribution in [2.45, 2.75) is 12.5 Å². The largest absolute Gasteiger partial charge is 0.497 e. The zero-order chi connectivity index (χ0) is 20.2.